The molecule has 0 spiro atoms. The number of hydrogen-bond donors (Lipinski definition) is 2. The Morgan fingerprint density at radius 2 is 1.77 bits per heavy atom. The van der Waals surface area contributed by atoms with Crippen LogP contribution in [-0.2, 0) is 9.53 Å². The number of nitrogens with one attached hydrogen (secondary N) is 1. The maximum Gasteiger partial charge on any atom is 0.407 e. The molecule has 4 rings (SSSR count). The highest BCUT2D eigenvalue weighted by Crippen LogP contribution is 2.44. The van der Waals surface area contributed by atoms with Crippen LogP contribution in [-0.4, -0.2) is 35.3 Å². The number of aromatic nitrogens is 1. The molecule has 1 aromatic heterocycles. The first kappa shape index (κ1) is 19.9. The van der Waals surface area contributed by atoms with Gasteiger partial charge in [-0.25, -0.2) is 4.79 Å². The third-order valence-electron chi connectivity index (χ3n) is 5.07. The van der Waals surface area contributed by atoms with E-state index in [1.165, 1.54) is 7.11 Å². The molecule has 3 aromatic rings. The summed E-state index contributed by atoms with van der Waals surface area (Å²) in [5.74, 6) is -0.726. The van der Waals surface area contributed by atoms with E-state index in [2.05, 4.69) is 21.8 Å². The Morgan fingerprint density at radius 3 is 2.33 bits per heavy atom. The van der Waals surface area contributed by atoms with Gasteiger partial charge in [0.1, 0.15) is 6.61 Å². The Bertz CT molecular complexity index is 1040. The van der Waals surface area contributed by atoms with Gasteiger partial charge in [-0.2, -0.15) is 4.37 Å². The number of carbonyl (C=O) groups is 2. The second-order valence-corrected chi connectivity index (χ2v) is 7.73. The fourth-order valence-corrected chi connectivity index (χ4v) is 4.46. The molecule has 1 heterocycles. The van der Waals surface area contributed by atoms with Gasteiger partial charge in [0, 0.05) is 12.0 Å². The molecule has 0 unspecified atom stereocenters. The molecule has 154 valence electrons. The molecule has 1 atom stereocenters. The molecule has 2 aromatic carbocycles. The van der Waals surface area contributed by atoms with Crippen molar-refractivity contribution >= 4 is 23.6 Å². The molecule has 7 nitrogen and oxygen atoms in total. The summed E-state index contributed by atoms with van der Waals surface area (Å²) in [4.78, 5) is 24.3. The zero-order chi connectivity index (χ0) is 21.1. The standard InChI is InChI=1S/C22H20N2O5S/c1-28-20-11-19(30-24-20)18(10-21(25)26)23-22(27)29-12-17-15-8-4-2-6-13(15)14-7-3-5-9-16(14)17/h2-9,11,17-18H,10,12H2,1H3,(H,23,27)(H,25,26)/t18-/m1/s1. The van der Waals surface area contributed by atoms with Gasteiger partial charge >= 0.3 is 12.1 Å². The topological polar surface area (TPSA) is 97.8 Å². The van der Waals surface area contributed by atoms with Crippen LogP contribution in [0.5, 0.6) is 5.88 Å². The largest absolute Gasteiger partial charge is 0.481 e. The van der Waals surface area contributed by atoms with Crippen LogP contribution in [0.25, 0.3) is 11.1 Å². The van der Waals surface area contributed by atoms with E-state index >= 15 is 0 Å². The quantitative estimate of drug-likeness (QED) is 0.590. The predicted octanol–water partition coefficient (Wildman–Crippen LogP) is 4.21. The highest BCUT2D eigenvalue weighted by Gasteiger charge is 2.29. The SMILES string of the molecule is COc1cc([C@@H](CC(=O)O)NC(=O)OCC2c3ccccc3-c3ccccc32)sn1. The number of alkyl carbamates (subject to hydrolysis) is 1. The molecular formula is C22H20N2O5S. The number of hydrogen-bond acceptors (Lipinski definition) is 6. The Morgan fingerprint density at radius 1 is 1.13 bits per heavy atom. The number of aliphatic carboxylic acids is 1. The number of carbonyl (C=O) groups excluding carboxylic acids is 1. The van der Waals surface area contributed by atoms with Gasteiger partial charge < -0.3 is 19.9 Å². The van der Waals surface area contributed by atoms with E-state index in [4.69, 9.17) is 9.47 Å². The first-order valence-corrected chi connectivity index (χ1v) is 10.2. The van der Waals surface area contributed by atoms with E-state index in [0.717, 1.165) is 33.8 Å². The fraction of sp³-hybridized carbons (Fsp3) is 0.227. The Labute approximate surface area is 177 Å². The zero-order valence-corrected chi connectivity index (χ0v) is 17.0. The third kappa shape index (κ3) is 3.99. The zero-order valence-electron chi connectivity index (χ0n) is 16.2. The predicted molar refractivity (Wildman–Crippen MR) is 112 cm³/mol. The summed E-state index contributed by atoms with van der Waals surface area (Å²) >= 11 is 1.08. The van der Waals surface area contributed by atoms with E-state index in [0.29, 0.717) is 10.8 Å². The molecule has 1 aliphatic carbocycles. The number of carboxylic acids is 1. The van der Waals surface area contributed by atoms with E-state index < -0.39 is 18.1 Å². The highest BCUT2D eigenvalue weighted by atomic mass is 32.1. The van der Waals surface area contributed by atoms with Crippen molar-refractivity contribution in [2.24, 2.45) is 0 Å². The average molecular weight is 424 g/mol. The van der Waals surface area contributed by atoms with Crippen molar-refractivity contribution in [2.45, 2.75) is 18.4 Å². The Balaban J connectivity index is 1.47. The maximum absolute atomic E-state index is 12.5. The molecule has 0 saturated carbocycles. The fourth-order valence-electron chi connectivity index (χ4n) is 3.71. The van der Waals surface area contributed by atoms with E-state index in [1.807, 2.05) is 36.4 Å². The van der Waals surface area contributed by atoms with Gasteiger partial charge in [0.25, 0.3) is 0 Å². The summed E-state index contributed by atoms with van der Waals surface area (Å²) in [6.07, 6.45) is -0.953. The first-order chi connectivity index (χ1) is 14.6. The van der Waals surface area contributed by atoms with Crippen LogP contribution in [0.1, 0.15) is 34.4 Å². The van der Waals surface area contributed by atoms with Crippen LogP contribution in [0, 0.1) is 0 Å². The van der Waals surface area contributed by atoms with Crippen molar-refractivity contribution in [3.63, 3.8) is 0 Å². The normalized spacial score (nSPS) is 13.2. The molecule has 0 aliphatic heterocycles. The molecule has 1 aliphatic rings. The number of nitrogens with zero attached hydrogens (tertiary/aromatic N) is 1. The molecule has 0 fully saturated rings. The number of rotatable bonds is 7. The molecule has 8 heteroatoms. The van der Waals surface area contributed by atoms with Crippen molar-refractivity contribution in [3.8, 4) is 17.0 Å². The van der Waals surface area contributed by atoms with Gasteiger partial charge in [-0.05, 0) is 33.8 Å². The van der Waals surface area contributed by atoms with Crippen molar-refractivity contribution in [2.75, 3.05) is 13.7 Å². The minimum absolute atomic E-state index is 0.0652. The van der Waals surface area contributed by atoms with Crippen LogP contribution in [0.2, 0.25) is 0 Å². The summed E-state index contributed by atoms with van der Waals surface area (Å²) in [5, 5.41) is 11.9. The highest BCUT2D eigenvalue weighted by molar-refractivity contribution is 7.06. The van der Waals surface area contributed by atoms with Crippen molar-refractivity contribution in [1.29, 1.82) is 0 Å². The third-order valence-corrected chi connectivity index (χ3v) is 5.96. The van der Waals surface area contributed by atoms with E-state index in [-0.39, 0.29) is 18.9 Å². The summed E-state index contributed by atoms with van der Waals surface area (Å²) in [6.45, 7) is 0.158. The average Bonchev–Trinajstić information content (AvgIpc) is 3.35. The summed E-state index contributed by atoms with van der Waals surface area (Å²) in [7, 11) is 1.48. The number of benzene rings is 2. The molecule has 1 amide bonds. The molecule has 0 saturated heterocycles. The number of carboxylic acid groups (broad SMARTS) is 1. The lowest BCUT2D eigenvalue weighted by molar-refractivity contribution is -0.137. The van der Waals surface area contributed by atoms with Gasteiger partial charge in [0.2, 0.25) is 5.88 Å². The van der Waals surface area contributed by atoms with E-state index in [1.54, 1.807) is 6.07 Å². The summed E-state index contributed by atoms with van der Waals surface area (Å²) in [6, 6.07) is 17.0. The van der Waals surface area contributed by atoms with Crippen LogP contribution in [0.15, 0.2) is 54.6 Å². The molecule has 0 bridgehead atoms. The van der Waals surface area contributed by atoms with Crippen LogP contribution < -0.4 is 10.1 Å². The maximum atomic E-state index is 12.5. The van der Waals surface area contributed by atoms with Gasteiger partial charge in [0.05, 0.1) is 24.4 Å². The molecule has 30 heavy (non-hydrogen) atoms. The van der Waals surface area contributed by atoms with E-state index in [9.17, 15) is 14.7 Å². The number of methoxy groups -OCH3 is 1. The van der Waals surface area contributed by atoms with Crippen LogP contribution in [0.3, 0.4) is 0 Å². The van der Waals surface area contributed by atoms with Gasteiger partial charge in [-0.3, -0.25) is 4.79 Å². The summed E-state index contributed by atoms with van der Waals surface area (Å²) in [5.41, 5.74) is 4.51. The van der Waals surface area contributed by atoms with Crippen molar-refractivity contribution in [1.82, 2.24) is 9.69 Å². The van der Waals surface area contributed by atoms with Gasteiger partial charge in [-0.15, -0.1) is 0 Å². The second kappa shape index (κ2) is 8.54. The lowest BCUT2D eigenvalue weighted by Gasteiger charge is -2.18. The van der Waals surface area contributed by atoms with Crippen molar-refractivity contribution in [3.05, 3.63) is 70.6 Å². The molecule has 0 radical (unpaired) electrons. The first-order valence-electron chi connectivity index (χ1n) is 9.40. The molecular weight excluding hydrogens is 404 g/mol. The minimum Gasteiger partial charge on any atom is -0.481 e. The second-order valence-electron chi connectivity index (χ2n) is 6.89. The number of amides is 1. The number of fused-ring (bicyclic) bond motifs is 3. The Hall–Kier alpha value is -3.39. The van der Waals surface area contributed by atoms with Crippen LogP contribution >= 0.6 is 11.5 Å². The van der Waals surface area contributed by atoms with Gasteiger partial charge in [-0.1, -0.05) is 48.5 Å². The lowest BCUT2D eigenvalue weighted by atomic mass is 9.98. The number of ether oxygens (including phenoxy) is 2. The monoisotopic (exact) mass is 424 g/mol. The lowest BCUT2D eigenvalue weighted by Crippen LogP contribution is -2.31. The van der Waals surface area contributed by atoms with Crippen LogP contribution in [0.4, 0.5) is 4.79 Å². The molecule has 2 N–H and O–H groups in total. The summed E-state index contributed by atoms with van der Waals surface area (Å²) < 4.78 is 14.6. The smallest absolute Gasteiger partial charge is 0.407 e. The van der Waals surface area contributed by atoms with Gasteiger partial charge in [0.15, 0.2) is 0 Å². The Kier molecular flexibility index (Phi) is 5.67. The van der Waals surface area contributed by atoms with Crippen molar-refractivity contribution < 1.29 is 24.2 Å². The minimum atomic E-state index is -1.04.